The number of rotatable bonds is 6. The van der Waals surface area contributed by atoms with E-state index in [4.69, 9.17) is 21.2 Å². The van der Waals surface area contributed by atoms with Crippen LogP contribution in [0.4, 0.5) is 19.0 Å². The molecule has 0 N–H and O–H groups in total. The Balaban J connectivity index is 0.000000354. The maximum atomic E-state index is 16.3. The van der Waals surface area contributed by atoms with E-state index in [0.717, 1.165) is 45.6 Å². The maximum Gasteiger partial charge on any atom is 0.318 e. The number of terminal acetylenes is 1. The Morgan fingerprint density at radius 2 is 1.81 bits per heavy atom. The lowest BCUT2D eigenvalue weighted by atomic mass is 9.96. The number of alkyl halides is 1. The number of nitrogens with zero attached hydrogens (tertiary/aromatic N) is 8. The quantitative estimate of drug-likeness (QED) is 0.173. The van der Waals surface area contributed by atoms with Crippen molar-refractivity contribution in [3.05, 3.63) is 65.9 Å². The number of amides is 1. The summed E-state index contributed by atoms with van der Waals surface area (Å²) in [7, 11) is 1.42. The van der Waals surface area contributed by atoms with Gasteiger partial charge in [0.25, 0.3) is 0 Å². The van der Waals surface area contributed by atoms with Gasteiger partial charge in [0.2, 0.25) is 5.91 Å². The van der Waals surface area contributed by atoms with Gasteiger partial charge in [-0.2, -0.15) is 15.2 Å². The summed E-state index contributed by atoms with van der Waals surface area (Å²) in [5.41, 5.74) is 0.422. The van der Waals surface area contributed by atoms with Crippen LogP contribution in [0.25, 0.3) is 32.9 Å². The number of carbonyl (C=O) groups excluding carboxylic acids is 1. The highest BCUT2D eigenvalue weighted by atomic mass is 19.1. The second kappa shape index (κ2) is 17.9. The molecule has 57 heavy (non-hydrogen) atoms. The van der Waals surface area contributed by atoms with E-state index < -0.39 is 17.8 Å². The van der Waals surface area contributed by atoms with Crippen LogP contribution in [0, 0.1) is 35.3 Å². The molecule has 14 heteroatoms. The van der Waals surface area contributed by atoms with Crippen LogP contribution in [0.5, 0.6) is 6.01 Å². The first kappa shape index (κ1) is 39.9. The van der Waals surface area contributed by atoms with Crippen molar-refractivity contribution in [1.29, 1.82) is 5.26 Å². The minimum atomic E-state index is -0.693. The average Bonchev–Trinajstić information content (AvgIpc) is 3.87. The molecule has 1 amide bonds. The van der Waals surface area contributed by atoms with E-state index in [9.17, 15) is 13.6 Å². The molecule has 2 aromatic heterocycles. The second-order valence-electron chi connectivity index (χ2n) is 14.9. The molecule has 9 rings (SSSR count). The van der Waals surface area contributed by atoms with Crippen LogP contribution in [0.3, 0.4) is 0 Å². The Bertz CT molecular complexity index is 2190. The molecular formula is C43H47F3N8O3. The summed E-state index contributed by atoms with van der Waals surface area (Å²) in [6.45, 7) is 7.48. The molecule has 2 bridgehead atoms. The molecule has 5 aliphatic heterocycles. The van der Waals surface area contributed by atoms with E-state index in [1.807, 2.05) is 11.0 Å². The first-order valence-corrected chi connectivity index (χ1v) is 19.6. The fraction of sp³-hybridized carbons (Fsp3) is 0.465. The Morgan fingerprint density at radius 3 is 2.51 bits per heavy atom. The van der Waals surface area contributed by atoms with Gasteiger partial charge in [0.15, 0.2) is 5.82 Å². The number of anilines is 1. The predicted molar refractivity (Wildman–Crippen MR) is 212 cm³/mol. The van der Waals surface area contributed by atoms with Gasteiger partial charge in [-0.3, -0.25) is 19.6 Å². The number of ether oxygens (including phenoxy) is 2. The first-order valence-electron chi connectivity index (χ1n) is 19.6. The highest BCUT2D eigenvalue weighted by Gasteiger charge is 2.37. The zero-order chi connectivity index (χ0) is 40.1. The Labute approximate surface area is 331 Å². The van der Waals surface area contributed by atoms with Crippen molar-refractivity contribution >= 4 is 33.4 Å². The number of carbonyl (C=O) groups is 1. The molecule has 4 aromatic rings. The second-order valence-corrected chi connectivity index (χ2v) is 14.9. The van der Waals surface area contributed by atoms with Crippen molar-refractivity contribution in [1.82, 2.24) is 29.7 Å². The monoisotopic (exact) mass is 780 g/mol. The molecule has 5 fully saturated rings. The van der Waals surface area contributed by atoms with Crippen molar-refractivity contribution in [3.8, 4) is 35.7 Å². The smallest absolute Gasteiger partial charge is 0.318 e. The van der Waals surface area contributed by atoms with Gasteiger partial charge in [-0.05, 0) is 50.1 Å². The van der Waals surface area contributed by atoms with Crippen molar-refractivity contribution in [2.45, 2.75) is 63.3 Å². The zero-order valence-electron chi connectivity index (χ0n) is 32.3. The summed E-state index contributed by atoms with van der Waals surface area (Å²) in [5, 5.41) is 8.79. The molecule has 2 aromatic carbocycles. The van der Waals surface area contributed by atoms with Crippen LogP contribution >= 0.6 is 0 Å². The Hall–Kier alpha value is -5.28. The number of benzene rings is 2. The van der Waals surface area contributed by atoms with Gasteiger partial charge in [0, 0.05) is 87.5 Å². The molecule has 3 unspecified atom stereocenters. The minimum absolute atomic E-state index is 0.000321. The van der Waals surface area contributed by atoms with Crippen LogP contribution < -0.4 is 9.64 Å². The van der Waals surface area contributed by atoms with Crippen molar-refractivity contribution in [2.75, 3.05) is 71.0 Å². The van der Waals surface area contributed by atoms with Crippen molar-refractivity contribution in [3.63, 3.8) is 0 Å². The number of aromatic nitrogens is 3. The highest BCUT2D eigenvalue weighted by Crippen LogP contribution is 2.37. The Morgan fingerprint density at radius 1 is 1.05 bits per heavy atom. The van der Waals surface area contributed by atoms with Crippen LogP contribution in [0.2, 0.25) is 0 Å². The van der Waals surface area contributed by atoms with Gasteiger partial charge in [-0.15, -0.1) is 6.42 Å². The summed E-state index contributed by atoms with van der Waals surface area (Å²) < 4.78 is 54.6. The van der Waals surface area contributed by atoms with Crippen molar-refractivity contribution < 1.29 is 27.4 Å². The van der Waals surface area contributed by atoms with Gasteiger partial charge < -0.3 is 19.3 Å². The summed E-state index contributed by atoms with van der Waals surface area (Å²) in [6, 6.07) is 11.3. The lowest BCUT2D eigenvalue weighted by molar-refractivity contribution is -0.126. The molecule has 11 nitrogen and oxygen atoms in total. The van der Waals surface area contributed by atoms with E-state index in [-0.39, 0.29) is 28.7 Å². The number of morpholine rings is 1. The minimum Gasteiger partial charge on any atom is -0.467 e. The molecule has 298 valence electrons. The summed E-state index contributed by atoms with van der Waals surface area (Å²) >= 11 is 0. The lowest BCUT2D eigenvalue weighted by Crippen LogP contribution is -2.49. The third kappa shape index (κ3) is 8.40. The molecule has 0 aliphatic carbocycles. The van der Waals surface area contributed by atoms with E-state index in [1.165, 1.54) is 39.1 Å². The molecule has 0 spiro atoms. The fourth-order valence-corrected chi connectivity index (χ4v) is 8.79. The zero-order valence-corrected chi connectivity index (χ0v) is 32.3. The topological polar surface area (TPSA) is 111 Å². The SMILES string of the molecule is C#Cc1c(F)ccc2cccc(-c3ncc4c(N5CCN(C(=O)/C=C/CN6C7CC[C@H]6COC7)CC5)nc(OC)nc4c3F)c12.CC#N.FC1CC2CCCN2C1. The van der Waals surface area contributed by atoms with Gasteiger partial charge >= 0.3 is 6.01 Å². The molecule has 4 atom stereocenters. The van der Waals surface area contributed by atoms with E-state index in [1.54, 1.807) is 41.3 Å². The Kier molecular flexibility index (Phi) is 12.5. The van der Waals surface area contributed by atoms with E-state index >= 15 is 4.39 Å². The standard InChI is InChI=1S/C34H32F2N6O3.C7H12FN.C2H3N/c1-3-24-27(35)12-9-21-6-4-7-25(29(21)24)31-30(36)32-26(18-37-31)33(39-34(38-32)44-2)41-16-14-40(15-17-41)28(43)8-5-13-42-22-10-11-23(42)20-45-19-22;8-6-4-7-2-1-3-9(7)5-6;1-2-3/h1,4-9,12,18,22-23H,10-11,13-17,19-20H2,2H3;6-7H,1-5H2;1H3/b8-5+;;/t22-,23?;;/m0../s1. The summed E-state index contributed by atoms with van der Waals surface area (Å²) in [4.78, 5) is 34.8. The number of fused-ring (bicyclic) bond motifs is 5. The molecule has 0 saturated carbocycles. The van der Waals surface area contributed by atoms with Gasteiger partial charge in [-0.1, -0.05) is 36.3 Å². The highest BCUT2D eigenvalue weighted by molar-refractivity contribution is 6.02. The largest absolute Gasteiger partial charge is 0.467 e. The molecule has 5 saturated heterocycles. The number of halogens is 3. The van der Waals surface area contributed by atoms with Gasteiger partial charge in [-0.25, -0.2) is 13.2 Å². The van der Waals surface area contributed by atoms with Crippen molar-refractivity contribution in [2.24, 2.45) is 0 Å². The van der Waals surface area contributed by atoms with Gasteiger partial charge in [0.1, 0.15) is 29.0 Å². The number of methoxy groups -OCH3 is 1. The van der Waals surface area contributed by atoms with E-state index in [0.29, 0.717) is 78.4 Å². The number of pyridine rings is 1. The molecule has 7 heterocycles. The number of nitriles is 1. The number of hydrogen-bond acceptors (Lipinski definition) is 10. The summed E-state index contributed by atoms with van der Waals surface area (Å²) in [6.07, 6.45) is 15.9. The summed E-state index contributed by atoms with van der Waals surface area (Å²) in [5.74, 6) is 1.58. The van der Waals surface area contributed by atoms with Crippen LogP contribution in [0.15, 0.2) is 48.7 Å². The number of piperazine rings is 1. The first-order chi connectivity index (χ1) is 27.7. The van der Waals surface area contributed by atoms with E-state index in [2.05, 4.69) is 30.7 Å². The maximum absolute atomic E-state index is 16.3. The average molecular weight is 781 g/mol. The van der Waals surface area contributed by atoms with Crippen LogP contribution in [-0.2, 0) is 9.53 Å². The molecule has 5 aliphatic rings. The van der Waals surface area contributed by atoms with Gasteiger partial charge in [0.05, 0.1) is 37.3 Å². The fourth-order valence-electron chi connectivity index (χ4n) is 8.79. The normalized spacial score (nSPS) is 23.1. The third-order valence-corrected chi connectivity index (χ3v) is 11.5. The van der Waals surface area contributed by atoms with Crippen LogP contribution in [0.1, 0.15) is 44.6 Å². The third-order valence-electron chi connectivity index (χ3n) is 11.5. The molecular weight excluding hydrogens is 734 g/mol. The predicted octanol–water partition coefficient (Wildman–Crippen LogP) is 5.90. The lowest BCUT2D eigenvalue weighted by Gasteiger charge is -2.35. The number of hydrogen-bond donors (Lipinski definition) is 0. The van der Waals surface area contributed by atoms with Crippen LogP contribution in [-0.4, -0.2) is 126 Å². The molecule has 0 radical (unpaired) electrons.